The molecule has 1 amide bonds. The van der Waals surface area contributed by atoms with Gasteiger partial charge in [-0.2, -0.15) is 16.9 Å². The van der Waals surface area contributed by atoms with E-state index in [1.54, 1.807) is 40.7 Å². The van der Waals surface area contributed by atoms with Crippen molar-refractivity contribution < 1.29 is 10.0 Å². The van der Waals surface area contributed by atoms with Crippen LogP contribution in [0.5, 0.6) is 0 Å². The molecule has 0 spiro atoms. The van der Waals surface area contributed by atoms with E-state index < -0.39 is 0 Å². The van der Waals surface area contributed by atoms with E-state index in [-0.39, 0.29) is 16.5 Å². The molecule has 8 heteroatoms. The minimum Gasteiger partial charge on any atom is -0.409 e. The molecule has 110 valence electrons. The van der Waals surface area contributed by atoms with Crippen LogP contribution in [0.15, 0.2) is 17.4 Å². The highest BCUT2D eigenvalue weighted by atomic mass is 32.2. The van der Waals surface area contributed by atoms with E-state index in [4.69, 9.17) is 10.9 Å². The fourth-order valence-corrected chi connectivity index (χ4v) is 3.31. The number of oxime groups is 1. The molecule has 2 heterocycles. The van der Waals surface area contributed by atoms with Crippen molar-refractivity contribution in [1.82, 2.24) is 14.7 Å². The zero-order chi connectivity index (χ0) is 14.8. The van der Waals surface area contributed by atoms with Gasteiger partial charge in [-0.05, 0) is 25.2 Å². The van der Waals surface area contributed by atoms with Gasteiger partial charge in [0, 0.05) is 26.3 Å². The van der Waals surface area contributed by atoms with Crippen LogP contribution < -0.4 is 5.73 Å². The van der Waals surface area contributed by atoms with Gasteiger partial charge in [0.1, 0.15) is 5.69 Å². The van der Waals surface area contributed by atoms with Crippen LogP contribution >= 0.6 is 11.8 Å². The number of carbonyl (C=O) groups excluding carboxylic acids is 1. The number of nitrogens with two attached hydrogens (primary N) is 1. The van der Waals surface area contributed by atoms with Crippen LogP contribution in [0.25, 0.3) is 0 Å². The molecule has 1 aliphatic heterocycles. The first-order chi connectivity index (χ1) is 9.54. The van der Waals surface area contributed by atoms with E-state index in [1.807, 2.05) is 6.26 Å². The van der Waals surface area contributed by atoms with Crippen molar-refractivity contribution in [2.75, 3.05) is 19.3 Å². The maximum atomic E-state index is 12.4. The number of aromatic nitrogens is 2. The van der Waals surface area contributed by atoms with Gasteiger partial charge >= 0.3 is 0 Å². The number of nitrogens with zero attached hydrogens (tertiary/aromatic N) is 4. The van der Waals surface area contributed by atoms with Crippen molar-refractivity contribution in [3.05, 3.63) is 18.0 Å². The van der Waals surface area contributed by atoms with Crippen molar-refractivity contribution in [2.45, 2.75) is 17.6 Å². The van der Waals surface area contributed by atoms with Crippen LogP contribution in [0, 0.1) is 0 Å². The van der Waals surface area contributed by atoms with Gasteiger partial charge < -0.3 is 15.8 Å². The number of hydrogen-bond donors (Lipinski definition) is 2. The number of likely N-dealkylation sites (tertiary alicyclic amines) is 1. The topological polar surface area (TPSA) is 96.7 Å². The number of amides is 1. The van der Waals surface area contributed by atoms with Gasteiger partial charge in [-0.3, -0.25) is 9.48 Å². The first kappa shape index (κ1) is 14.7. The Morgan fingerprint density at radius 1 is 1.55 bits per heavy atom. The van der Waals surface area contributed by atoms with Gasteiger partial charge in [-0.25, -0.2) is 0 Å². The van der Waals surface area contributed by atoms with Crippen LogP contribution in [-0.4, -0.2) is 55.7 Å². The van der Waals surface area contributed by atoms with Crippen LogP contribution in [-0.2, 0) is 7.05 Å². The number of thioether (sulfide) groups is 1. The van der Waals surface area contributed by atoms with E-state index in [0.717, 1.165) is 0 Å². The van der Waals surface area contributed by atoms with Crippen LogP contribution in [0.2, 0.25) is 0 Å². The molecule has 0 aliphatic carbocycles. The van der Waals surface area contributed by atoms with Crippen molar-refractivity contribution >= 4 is 23.5 Å². The molecule has 1 saturated heterocycles. The van der Waals surface area contributed by atoms with Gasteiger partial charge in [0.2, 0.25) is 0 Å². The van der Waals surface area contributed by atoms with E-state index in [1.165, 1.54) is 0 Å². The lowest BCUT2D eigenvalue weighted by Crippen LogP contribution is -2.51. The average Bonchev–Trinajstić information content (AvgIpc) is 2.91. The van der Waals surface area contributed by atoms with Crippen molar-refractivity contribution in [1.29, 1.82) is 0 Å². The molecule has 0 radical (unpaired) electrons. The Morgan fingerprint density at radius 3 is 2.65 bits per heavy atom. The maximum Gasteiger partial charge on any atom is 0.272 e. The minimum absolute atomic E-state index is 0.0285. The summed E-state index contributed by atoms with van der Waals surface area (Å²) in [4.78, 5) is 14.2. The van der Waals surface area contributed by atoms with E-state index in [0.29, 0.717) is 31.6 Å². The predicted octanol–water partition coefficient (Wildman–Crippen LogP) is 0.504. The SMILES string of the molecule is CSC1(C(N)=NO)CCN(C(=O)c2ccnn2C)CC1. The van der Waals surface area contributed by atoms with Crippen molar-refractivity contribution in [3.8, 4) is 0 Å². The Bertz CT molecular complexity index is 520. The first-order valence-corrected chi connectivity index (χ1v) is 7.57. The third-order valence-electron chi connectivity index (χ3n) is 3.86. The molecule has 0 aromatic carbocycles. The Kier molecular flexibility index (Phi) is 4.22. The average molecular weight is 297 g/mol. The Hall–Kier alpha value is -1.70. The molecule has 2 rings (SSSR count). The van der Waals surface area contributed by atoms with E-state index in [2.05, 4.69) is 10.3 Å². The number of aryl methyl sites for hydroxylation is 1. The second-order valence-electron chi connectivity index (χ2n) is 4.82. The second-order valence-corrected chi connectivity index (χ2v) is 6.01. The van der Waals surface area contributed by atoms with E-state index >= 15 is 0 Å². The normalized spacial score (nSPS) is 19.1. The summed E-state index contributed by atoms with van der Waals surface area (Å²) in [7, 11) is 1.75. The summed E-state index contributed by atoms with van der Waals surface area (Å²) in [5, 5.41) is 16.1. The van der Waals surface area contributed by atoms with Gasteiger partial charge in [0.15, 0.2) is 5.84 Å². The van der Waals surface area contributed by atoms with E-state index in [9.17, 15) is 4.79 Å². The summed E-state index contributed by atoms with van der Waals surface area (Å²) in [5.41, 5.74) is 6.37. The molecule has 1 aromatic rings. The van der Waals surface area contributed by atoms with Crippen LogP contribution in [0.3, 0.4) is 0 Å². The largest absolute Gasteiger partial charge is 0.409 e. The van der Waals surface area contributed by atoms with Gasteiger partial charge in [-0.1, -0.05) is 5.16 Å². The number of rotatable bonds is 3. The Labute approximate surface area is 121 Å². The summed E-state index contributed by atoms with van der Waals surface area (Å²) in [6.07, 6.45) is 4.90. The number of hydrogen-bond acceptors (Lipinski definition) is 5. The molecule has 0 saturated carbocycles. The molecular formula is C12H19N5O2S. The first-order valence-electron chi connectivity index (χ1n) is 6.34. The molecule has 0 atom stereocenters. The van der Waals surface area contributed by atoms with Crippen molar-refractivity contribution in [3.63, 3.8) is 0 Å². The molecule has 0 bridgehead atoms. The number of piperidine rings is 1. The van der Waals surface area contributed by atoms with Crippen LogP contribution in [0.1, 0.15) is 23.3 Å². The smallest absolute Gasteiger partial charge is 0.272 e. The molecule has 1 aromatic heterocycles. The van der Waals surface area contributed by atoms with Crippen molar-refractivity contribution in [2.24, 2.45) is 17.9 Å². The summed E-state index contributed by atoms with van der Waals surface area (Å²) in [6, 6.07) is 1.71. The summed E-state index contributed by atoms with van der Waals surface area (Å²) < 4.78 is 1.19. The fourth-order valence-electron chi connectivity index (χ4n) is 2.47. The molecule has 3 N–H and O–H groups in total. The highest BCUT2D eigenvalue weighted by Crippen LogP contribution is 2.35. The third-order valence-corrected chi connectivity index (χ3v) is 5.26. The highest BCUT2D eigenvalue weighted by Gasteiger charge is 2.39. The Morgan fingerprint density at radius 2 is 2.20 bits per heavy atom. The van der Waals surface area contributed by atoms with Gasteiger partial charge in [-0.15, -0.1) is 0 Å². The lowest BCUT2D eigenvalue weighted by atomic mass is 9.94. The highest BCUT2D eigenvalue weighted by molar-refractivity contribution is 8.00. The molecule has 1 aliphatic rings. The molecule has 0 unspecified atom stereocenters. The number of carbonyl (C=O) groups is 1. The molecular weight excluding hydrogens is 278 g/mol. The lowest BCUT2D eigenvalue weighted by Gasteiger charge is -2.39. The maximum absolute atomic E-state index is 12.4. The monoisotopic (exact) mass is 297 g/mol. The van der Waals surface area contributed by atoms with Gasteiger partial charge in [0.25, 0.3) is 5.91 Å². The molecule has 20 heavy (non-hydrogen) atoms. The number of amidine groups is 1. The summed E-state index contributed by atoms with van der Waals surface area (Å²) in [6.45, 7) is 1.17. The predicted molar refractivity (Wildman–Crippen MR) is 78.0 cm³/mol. The minimum atomic E-state index is -0.377. The second kappa shape index (κ2) is 5.74. The molecule has 1 fully saturated rings. The summed E-state index contributed by atoms with van der Waals surface area (Å²) >= 11 is 1.57. The quantitative estimate of drug-likeness (QED) is 0.366. The standard InChI is InChI=1S/C12H19N5O2S/c1-16-9(3-6-14-16)10(18)17-7-4-12(20-2,5-8-17)11(13)15-19/h3,6,19H,4-5,7-8H2,1-2H3,(H2,13,15). The zero-order valence-corrected chi connectivity index (χ0v) is 12.4. The zero-order valence-electron chi connectivity index (χ0n) is 11.6. The lowest BCUT2D eigenvalue weighted by molar-refractivity contribution is 0.0706. The summed E-state index contributed by atoms with van der Waals surface area (Å²) in [5.74, 6) is 0.205. The third kappa shape index (κ3) is 2.47. The van der Waals surface area contributed by atoms with Gasteiger partial charge in [0.05, 0.1) is 4.75 Å². The Balaban J connectivity index is 2.08. The molecule has 7 nitrogen and oxygen atoms in total. The fraction of sp³-hybridized carbons (Fsp3) is 0.583. The van der Waals surface area contributed by atoms with Crippen LogP contribution in [0.4, 0.5) is 0 Å².